The van der Waals surface area contributed by atoms with Gasteiger partial charge in [0.15, 0.2) is 0 Å². The van der Waals surface area contributed by atoms with Gasteiger partial charge in [0.2, 0.25) is 5.91 Å². The molecule has 1 aromatic carbocycles. The first-order valence-corrected chi connectivity index (χ1v) is 8.19. The fourth-order valence-corrected chi connectivity index (χ4v) is 2.45. The van der Waals surface area contributed by atoms with Crippen molar-refractivity contribution in [1.29, 1.82) is 0 Å². The number of rotatable bonds is 7. The molecule has 0 fully saturated rings. The van der Waals surface area contributed by atoms with Crippen LogP contribution in [0.3, 0.4) is 0 Å². The molecule has 0 saturated carbocycles. The highest BCUT2D eigenvalue weighted by atomic mass is 35.5. The molecule has 0 bridgehead atoms. The van der Waals surface area contributed by atoms with E-state index in [-0.39, 0.29) is 24.5 Å². The second-order valence-electron chi connectivity index (χ2n) is 5.83. The minimum Gasteiger partial charge on any atom is -0.450 e. The Hall–Kier alpha value is -1.75. The van der Waals surface area contributed by atoms with Crippen LogP contribution in [0.4, 0.5) is 4.79 Å². The van der Waals surface area contributed by atoms with Crippen molar-refractivity contribution in [3.63, 3.8) is 0 Å². The number of ether oxygens (including phenoxy) is 1. The summed E-state index contributed by atoms with van der Waals surface area (Å²) in [6.45, 7) is 7.65. The van der Waals surface area contributed by atoms with Gasteiger partial charge in [0.05, 0.1) is 6.61 Å². The van der Waals surface area contributed by atoms with Gasteiger partial charge in [-0.25, -0.2) is 4.79 Å². The van der Waals surface area contributed by atoms with Gasteiger partial charge in [0.25, 0.3) is 0 Å². The largest absolute Gasteiger partial charge is 0.450 e. The fourth-order valence-electron chi connectivity index (χ4n) is 2.24. The van der Waals surface area contributed by atoms with E-state index < -0.39 is 12.1 Å². The lowest BCUT2D eigenvalue weighted by atomic mass is 10.0. The van der Waals surface area contributed by atoms with Crippen molar-refractivity contribution < 1.29 is 14.3 Å². The van der Waals surface area contributed by atoms with Gasteiger partial charge in [0.1, 0.15) is 6.04 Å². The van der Waals surface area contributed by atoms with Crippen molar-refractivity contribution in [1.82, 2.24) is 10.6 Å². The van der Waals surface area contributed by atoms with E-state index in [9.17, 15) is 9.59 Å². The van der Waals surface area contributed by atoms with Crippen molar-refractivity contribution >= 4 is 23.6 Å². The Balaban J connectivity index is 2.61. The average molecular weight is 341 g/mol. The predicted molar refractivity (Wildman–Crippen MR) is 91.5 cm³/mol. The number of nitrogens with one attached hydrogen (secondary N) is 2. The molecule has 0 spiro atoms. The Kier molecular flexibility index (Phi) is 7.89. The molecule has 2 amide bonds. The molecule has 128 valence electrons. The smallest absolute Gasteiger partial charge is 0.407 e. The van der Waals surface area contributed by atoms with Crippen LogP contribution in [0.25, 0.3) is 0 Å². The molecule has 2 atom stereocenters. The summed E-state index contributed by atoms with van der Waals surface area (Å²) < 4.78 is 4.84. The molecule has 1 rings (SSSR count). The average Bonchev–Trinajstić information content (AvgIpc) is 2.44. The zero-order valence-corrected chi connectivity index (χ0v) is 14.8. The summed E-state index contributed by atoms with van der Waals surface area (Å²) in [5.74, 6) is -0.264. The van der Waals surface area contributed by atoms with Crippen LogP contribution in [0.5, 0.6) is 0 Å². The third kappa shape index (κ3) is 6.91. The summed E-state index contributed by atoms with van der Waals surface area (Å²) in [4.78, 5) is 23.9. The van der Waals surface area contributed by atoms with Gasteiger partial charge in [0, 0.05) is 11.1 Å². The third-order valence-electron chi connectivity index (χ3n) is 3.32. The van der Waals surface area contributed by atoms with Gasteiger partial charge in [-0.2, -0.15) is 0 Å². The van der Waals surface area contributed by atoms with Crippen molar-refractivity contribution in [3.05, 3.63) is 34.9 Å². The van der Waals surface area contributed by atoms with Gasteiger partial charge in [-0.3, -0.25) is 4.79 Å². The van der Waals surface area contributed by atoms with E-state index in [1.165, 1.54) is 0 Å². The van der Waals surface area contributed by atoms with E-state index in [2.05, 4.69) is 10.6 Å². The number of carbonyl (C=O) groups is 2. The molecule has 6 heteroatoms. The topological polar surface area (TPSA) is 67.4 Å². The first kappa shape index (κ1) is 19.3. The zero-order valence-electron chi connectivity index (χ0n) is 14.1. The second-order valence-corrected chi connectivity index (χ2v) is 6.27. The number of halogens is 1. The summed E-state index contributed by atoms with van der Waals surface area (Å²) in [6, 6.07) is 6.83. The van der Waals surface area contributed by atoms with E-state index in [0.29, 0.717) is 11.4 Å². The van der Waals surface area contributed by atoms with Crippen LogP contribution < -0.4 is 10.6 Å². The Labute approximate surface area is 142 Å². The molecule has 0 aliphatic carbocycles. The van der Waals surface area contributed by atoms with Gasteiger partial charge >= 0.3 is 6.09 Å². The maximum atomic E-state index is 12.4. The molecule has 2 N–H and O–H groups in total. The van der Waals surface area contributed by atoms with E-state index in [4.69, 9.17) is 16.3 Å². The molecule has 1 aromatic rings. The third-order valence-corrected chi connectivity index (χ3v) is 3.55. The standard InChI is InChI=1S/C17H25ClN2O3/c1-5-23-17(22)20-15(11(2)3)16(21)19-12(4)9-13-7-6-8-14(18)10-13/h6-8,10-12,15H,5,9H2,1-4H3,(H,19,21)(H,20,22). The lowest BCUT2D eigenvalue weighted by molar-refractivity contribution is -0.124. The van der Waals surface area contributed by atoms with Gasteiger partial charge in [-0.05, 0) is 43.9 Å². The minimum atomic E-state index is -0.629. The normalized spacial score (nSPS) is 13.3. The fraction of sp³-hybridized carbons (Fsp3) is 0.529. The van der Waals surface area contributed by atoms with Gasteiger partial charge < -0.3 is 15.4 Å². The maximum Gasteiger partial charge on any atom is 0.407 e. The Morgan fingerprint density at radius 1 is 1.22 bits per heavy atom. The van der Waals surface area contributed by atoms with E-state index in [0.717, 1.165) is 5.56 Å². The number of hydrogen-bond acceptors (Lipinski definition) is 3. The molecule has 0 heterocycles. The predicted octanol–water partition coefficient (Wildman–Crippen LogP) is 3.16. The van der Waals surface area contributed by atoms with Crippen LogP contribution >= 0.6 is 11.6 Å². The summed E-state index contributed by atoms with van der Waals surface area (Å²) in [5.41, 5.74) is 1.05. The number of hydrogen-bond donors (Lipinski definition) is 2. The lowest BCUT2D eigenvalue weighted by Gasteiger charge is -2.23. The molecule has 5 nitrogen and oxygen atoms in total. The molecule has 0 aliphatic heterocycles. The molecule has 23 heavy (non-hydrogen) atoms. The van der Waals surface area contributed by atoms with Crippen LogP contribution in [0.2, 0.25) is 5.02 Å². The number of alkyl carbamates (subject to hydrolysis) is 1. The Morgan fingerprint density at radius 2 is 1.91 bits per heavy atom. The number of carbonyl (C=O) groups excluding carboxylic acids is 2. The summed E-state index contributed by atoms with van der Waals surface area (Å²) >= 11 is 5.96. The van der Waals surface area contributed by atoms with Crippen LogP contribution in [-0.4, -0.2) is 30.7 Å². The minimum absolute atomic E-state index is 0.0437. The molecule has 0 aromatic heterocycles. The molecule has 2 unspecified atom stereocenters. The monoisotopic (exact) mass is 340 g/mol. The molecule has 0 radical (unpaired) electrons. The van der Waals surface area contributed by atoms with Crippen LogP contribution in [-0.2, 0) is 16.0 Å². The van der Waals surface area contributed by atoms with Crippen molar-refractivity contribution in [3.8, 4) is 0 Å². The first-order valence-electron chi connectivity index (χ1n) is 7.81. The quantitative estimate of drug-likeness (QED) is 0.801. The second kappa shape index (κ2) is 9.40. The summed E-state index contributed by atoms with van der Waals surface area (Å²) in [6.07, 6.45) is 0.0834. The molecule has 0 aliphatic rings. The zero-order chi connectivity index (χ0) is 17.4. The summed E-state index contributed by atoms with van der Waals surface area (Å²) in [5, 5.41) is 6.20. The van der Waals surface area contributed by atoms with Gasteiger partial charge in [-0.1, -0.05) is 37.6 Å². The van der Waals surface area contributed by atoms with Crippen LogP contribution in [0.15, 0.2) is 24.3 Å². The van der Waals surface area contributed by atoms with Crippen molar-refractivity contribution in [2.75, 3.05) is 6.61 Å². The highest BCUT2D eigenvalue weighted by Crippen LogP contribution is 2.12. The molecule has 0 saturated heterocycles. The van der Waals surface area contributed by atoms with Crippen LogP contribution in [0.1, 0.15) is 33.3 Å². The SMILES string of the molecule is CCOC(=O)NC(C(=O)NC(C)Cc1cccc(Cl)c1)C(C)C. The Morgan fingerprint density at radius 3 is 2.48 bits per heavy atom. The van der Waals surface area contributed by atoms with E-state index >= 15 is 0 Å². The van der Waals surface area contributed by atoms with Crippen molar-refractivity contribution in [2.45, 2.75) is 46.2 Å². The van der Waals surface area contributed by atoms with E-state index in [1.807, 2.05) is 45.0 Å². The van der Waals surface area contributed by atoms with Gasteiger partial charge in [-0.15, -0.1) is 0 Å². The highest BCUT2D eigenvalue weighted by Gasteiger charge is 2.25. The Bertz CT molecular complexity index is 534. The van der Waals surface area contributed by atoms with E-state index in [1.54, 1.807) is 6.92 Å². The number of amides is 2. The first-order chi connectivity index (χ1) is 10.8. The van der Waals surface area contributed by atoms with Crippen LogP contribution in [0, 0.1) is 5.92 Å². The maximum absolute atomic E-state index is 12.4. The molecular weight excluding hydrogens is 316 g/mol. The summed E-state index contributed by atoms with van der Waals surface area (Å²) in [7, 11) is 0. The van der Waals surface area contributed by atoms with Crippen molar-refractivity contribution in [2.24, 2.45) is 5.92 Å². The highest BCUT2D eigenvalue weighted by molar-refractivity contribution is 6.30. The molecular formula is C17H25ClN2O3. The number of benzene rings is 1. The lowest BCUT2D eigenvalue weighted by Crippen LogP contribution is -2.52.